The minimum atomic E-state index is 0.115. The van der Waals surface area contributed by atoms with Gasteiger partial charge >= 0.3 is 0 Å². The number of rotatable bonds is 5. The molecule has 0 aliphatic carbocycles. The molecule has 0 saturated heterocycles. The Morgan fingerprint density at radius 1 is 1.18 bits per heavy atom. The van der Waals surface area contributed by atoms with Gasteiger partial charge in [0.2, 0.25) is 0 Å². The molecule has 0 amide bonds. The molecule has 0 bridgehead atoms. The van der Waals surface area contributed by atoms with Crippen molar-refractivity contribution in [1.29, 1.82) is 0 Å². The molecule has 0 radical (unpaired) electrons. The third kappa shape index (κ3) is 3.71. The molecule has 120 valence electrons. The van der Waals surface area contributed by atoms with Crippen LogP contribution in [0.15, 0.2) is 30.3 Å². The Morgan fingerprint density at radius 3 is 2.41 bits per heavy atom. The predicted molar refractivity (Wildman–Crippen MR) is 96.3 cm³/mol. The summed E-state index contributed by atoms with van der Waals surface area (Å²) in [5.74, 6) is 1.15. The summed E-state index contributed by atoms with van der Waals surface area (Å²) in [6.45, 7) is 12.1. The van der Waals surface area contributed by atoms with Crippen molar-refractivity contribution >= 4 is 11.3 Å². The minimum absolute atomic E-state index is 0.115. The van der Waals surface area contributed by atoms with Crippen LogP contribution in [0.1, 0.15) is 54.5 Å². The highest BCUT2D eigenvalue weighted by Gasteiger charge is 2.22. The first-order chi connectivity index (χ1) is 10.4. The van der Waals surface area contributed by atoms with Gasteiger partial charge in [-0.2, -0.15) is 0 Å². The standard InChI is InChI=1S/C19H27NOS/c1-6-21-17-9-8-14(19(3,4)5)11-15(17)16(12-20)18-10-7-13(2)22-18/h7-11,16H,6,12,20H2,1-5H3. The van der Waals surface area contributed by atoms with Crippen LogP contribution in [0, 0.1) is 6.92 Å². The highest BCUT2D eigenvalue weighted by Crippen LogP contribution is 2.37. The van der Waals surface area contributed by atoms with E-state index in [0.717, 1.165) is 5.75 Å². The van der Waals surface area contributed by atoms with Crippen molar-refractivity contribution in [2.75, 3.05) is 13.2 Å². The maximum Gasteiger partial charge on any atom is 0.123 e. The number of ether oxygens (including phenoxy) is 1. The Morgan fingerprint density at radius 2 is 1.91 bits per heavy atom. The number of hydrogen-bond donors (Lipinski definition) is 1. The normalized spacial score (nSPS) is 13.2. The lowest BCUT2D eigenvalue weighted by atomic mass is 9.84. The van der Waals surface area contributed by atoms with Crippen molar-refractivity contribution in [1.82, 2.24) is 0 Å². The van der Waals surface area contributed by atoms with Crippen LogP contribution in [-0.2, 0) is 5.41 Å². The molecule has 0 saturated carbocycles. The third-order valence-corrected chi connectivity index (χ3v) is 5.01. The Bertz CT molecular complexity index is 625. The van der Waals surface area contributed by atoms with Crippen molar-refractivity contribution in [3.8, 4) is 5.75 Å². The Balaban J connectivity index is 2.53. The van der Waals surface area contributed by atoms with Crippen LogP contribution in [0.5, 0.6) is 5.75 Å². The van der Waals surface area contributed by atoms with Crippen molar-refractivity contribution in [2.45, 2.75) is 46.0 Å². The van der Waals surface area contributed by atoms with E-state index in [4.69, 9.17) is 10.5 Å². The molecule has 1 heterocycles. The number of hydrogen-bond acceptors (Lipinski definition) is 3. The van der Waals surface area contributed by atoms with Crippen LogP contribution in [0.2, 0.25) is 0 Å². The zero-order valence-electron chi connectivity index (χ0n) is 14.3. The second kappa shape index (κ2) is 6.84. The van der Waals surface area contributed by atoms with Gasteiger partial charge in [0.05, 0.1) is 6.61 Å². The highest BCUT2D eigenvalue weighted by atomic mass is 32.1. The molecule has 2 N–H and O–H groups in total. The van der Waals surface area contributed by atoms with E-state index in [-0.39, 0.29) is 11.3 Å². The van der Waals surface area contributed by atoms with E-state index < -0.39 is 0 Å². The summed E-state index contributed by atoms with van der Waals surface area (Å²) < 4.78 is 5.86. The smallest absolute Gasteiger partial charge is 0.123 e. The summed E-state index contributed by atoms with van der Waals surface area (Å²) in [6.07, 6.45) is 0. The topological polar surface area (TPSA) is 35.2 Å². The first-order valence-corrected chi connectivity index (χ1v) is 8.72. The van der Waals surface area contributed by atoms with Gasteiger partial charge in [-0.25, -0.2) is 0 Å². The summed E-state index contributed by atoms with van der Waals surface area (Å²) in [7, 11) is 0. The summed E-state index contributed by atoms with van der Waals surface area (Å²) in [5, 5.41) is 0. The maximum absolute atomic E-state index is 6.12. The van der Waals surface area contributed by atoms with Crippen LogP contribution in [0.3, 0.4) is 0 Å². The van der Waals surface area contributed by atoms with Gasteiger partial charge in [-0.15, -0.1) is 11.3 Å². The van der Waals surface area contributed by atoms with Gasteiger partial charge in [0.1, 0.15) is 5.75 Å². The summed E-state index contributed by atoms with van der Waals surface area (Å²) in [5.41, 5.74) is 8.76. The molecule has 2 aromatic rings. The quantitative estimate of drug-likeness (QED) is 0.856. The van der Waals surface area contributed by atoms with Gasteiger partial charge in [0.25, 0.3) is 0 Å². The molecular weight excluding hydrogens is 290 g/mol. The van der Waals surface area contributed by atoms with Crippen LogP contribution < -0.4 is 10.5 Å². The van der Waals surface area contributed by atoms with E-state index in [1.807, 2.05) is 18.3 Å². The SMILES string of the molecule is CCOc1ccc(C(C)(C)C)cc1C(CN)c1ccc(C)s1. The molecular formula is C19H27NOS. The zero-order valence-corrected chi connectivity index (χ0v) is 15.1. The summed E-state index contributed by atoms with van der Waals surface area (Å²) in [4.78, 5) is 2.63. The lowest BCUT2D eigenvalue weighted by Gasteiger charge is -2.24. The second-order valence-corrected chi connectivity index (χ2v) is 7.99. The van der Waals surface area contributed by atoms with E-state index in [2.05, 4.69) is 58.0 Å². The van der Waals surface area contributed by atoms with E-state index >= 15 is 0 Å². The van der Waals surface area contributed by atoms with E-state index in [9.17, 15) is 0 Å². The molecule has 3 heteroatoms. The molecule has 2 rings (SSSR count). The molecule has 1 aromatic carbocycles. The van der Waals surface area contributed by atoms with Crippen molar-refractivity contribution in [2.24, 2.45) is 5.73 Å². The van der Waals surface area contributed by atoms with Gasteiger partial charge in [-0.1, -0.05) is 32.9 Å². The average molecular weight is 317 g/mol. The predicted octanol–water partition coefficient (Wildman–Crippen LogP) is 4.84. The Hall–Kier alpha value is -1.32. The van der Waals surface area contributed by atoms with Crippen molar-refractivity contribution in [3.63, 3.8) is 0 Å². The molecule has 0 aliphatic rings. The molecule has 0 aliphatic heterocycles. The van der Waals surface area contributed by atoms with Crippen molar-refractivity contribution in [3.05, 3.63) is 51.2 Å². The Kier molecular flexibility index (Phi) is 5.30. The van der Waals surface area contributed by atoms with E-state index in [1.54, 1.807) is 0 Å². The number of nitrogens with two attached hydrogens (primary N) is 1. The highest BCUT2D eigenvalue weighted by molar-refractivity contribution is 7.12. The molecule has 2 nitrogen and oxygen atoms in total. The molecule has 22 heavy (non-hydrogen) atoms. The zero-order chi connectivity index (χ0) is 16.3. The van der Waals surface area contributed by atoms with E-state index in [1.165, 1.54) is 20.9 Å². The molecule has 1 atom stereocenters. The molecule has 0 spiro atoms. The van der Waals surface area contributed by atoms with Gasteiger partial charge in [-0.05, 0) is 43.0 Å². The van der Waals surface area contributed by atoms with Crippen LogP contribution in [0.4, 0.5) is 0 Å². The number of thiophene rings is 1. The van der Waals surface area contributed by atoms with Crippen molar-refractivity contribution < 1.29 is 4.74 Å². The Labute approximate surface area is 138 Å². The van der Waals surface area contributed by atoms with Crippen LogP contribution in [0.25, 0.3) is 0 Å². The van der Waals surface area contributed by atoms with Gasteiger partial charge in [0, 0.05) is 27.8 Å². The maximum atomic E-state index is 6.12. The fourth-order valence-corrected chi connectivity index (χ4v) is 3.62. The lowest BCUT2D eigenvalue weighted by Crippen LogP contribution is -2.17. The van der Waals surface area contributed by atoms with Gasteiger partial charge in [0.15, 0.2) is 0 Å². The first kappa shape index (κ1) is 17.0. The fraction of sp³-hybridized carbons (Fsp3) is 0.474. The van der Waals surface area contributed by atoms with Crippen LogP contribution in [-0.4, -0.2) is 13.2 Å². The minimum Gasteiger partial charge on any atom is -0.494 e. The van der Waals surface area contributed by atoms with Gasteiger partial charge in [-0.3, -0.25) is 0 Å². The lowest BCUT2D eigenvalue weighted by molar-refractivity contribution is 0.335. The second-order valence-electron chi connectivity index (χ2n) is 6.67. The molecule has 1 aromatic heterocycles. The number of aryl methyl sites for hydroxylation is 1. The largest absolute Gasteiger partial charge is 0.494 e. The van der Waals surface area contributed by atoms with E-state index in [0.29, 0.717) is 13.2 Å². The van der Waals surface area contributed by atoms with Crippen LogP contribution >= 0.6 is 11.3 Å². The number of benzene rings is 1. The molecule has 0 fully saturated rings. The summed E-state index contributed by atoms with van der Waals surface area (Å²) in [6, 6.07) is 10.9. The third-order valence-electron chi connectivity index (χ3n) is 3.89. The average Bonchev–Trinajstić information content (AvgIpc) is 2.87. The monoisotopic (exact) mass is 317 g/mol. The van der Waals surface area contributed by atoms with Gasteiger partial charge < -0.3 is 10.5 Å². The first-order valence-electron chi connectivity index (χ1n) is 7.90. The summed E-state index contributed by atoms with van der Waals surface area (Å²) >= 11 is 1.82. The fourth-order valence-electron chi connectivity index (χ4n) is 2.61. The molecule has 1 unspecified atom stereocenters.